The molecule has 0 saturated heterocycles. The van der Waals surface area contributed by atoms with E-state index in [1.807, 2.05) is 0 Å². The van der Waals surface area contributed by atoms with Crippen LogP contribution in [0.25, 0.3) is 5.69 Å². The Bertz CT molecular complexity index is 740. The molecule has 0 atom stereocenters. The number of aromatic nitrogens is 2. The molecular formula is C14H11F3N2O2. The zero-order valence-corrected chi connectivity index (χ0v) is 10.9. The molecule has 0 amide bonds. The Morgan fingerprint density at radius 1 is 1.14 bits per heavy atom. The third-order valence-electron chi connectivity index (χ3n) is 3.63. The summed E-state index contributed by atoms with van der Waals surface area (Å²) in [5.41, 5.74) is 0.648. The van der Waals surface area contributed by atoms with E-state index in [9.17, 15) is 18.0 Å². The first kappa shape index (κ1) is 13.7. The Balaban J connectivity index is 2.24. The van der Waals surface area contributed by atoms with Gasteiger partial charge in [-0.3, -0.25) is 0 Å². The van der Waals surface area contributed by atoms with Crippen molar-refractivity contribution in [3.8, 4) is 5.69 Å². The van der Waals surface area contributed by atoms with Gasteiger partial charge < -0.3 is 5.11 Å². The van der Waals surface area contributed by atoms with Crippen molar-refractivity contribution in [3.63, 3.8) is 0 Å². The SMILES string of the molecule is O=C(O)c1nn(-c2ccc(F)c(F)c2F)c2c1CCCC2. The van der Waals surface area contributed by atoms with E-state index in [0.717, 1.165) is 29.7 Å². The fourth-order valence-electron chi connectivity index (χ4n) is 2.65. The number of carbonyl (C=O) groups is 1. The Morgan fingerprint density at radius 3 is 2.57 bits per heavy atom. The summed E-state index contributed by atoms with van der Waals surface area (Å²) >= 11 is 0. The van der Waals surface area contributed by atoms with Crippen molar-refractivity contribution in [1.82, 2.24) is 9.78 Å². The van der Waals surface area contributed by atoms with Crippen LogP contribution in [0, 0.1) is 17.5 Å². The molecule has 110 valence electrons. The lowest BCUT2D eigenvalue weighted by molar-refractivity contribution is 0.0688. The van der Waals surface area contributed by atoms with Crippen molar-refractivity contribution in [2.24, 2.45) is 0 Å². The summed E-state index contributed by atoms with van der Waals surface area (Å²) in [6.07, 6.45) is 2.68. The molecule has 0 saturated carbocycles. The first-order valence-electron chi connectivity index (χ1n) is 6.48. The lowest BCUT2D eigenvalue weighted by Crippen LogP contribution is -2.10. The maximum atomic E-state index is 13.9. The molecule has 1 aromatic carbocycles. The Hall–Kier alpha value is -2.31. The average Bonchev–Trinajstić information content (AvgIpc) is 2.85. The summed E-state index contributed by atoms with van der Waals surface area (Å²) in [7, 11) is 0. The van der Waals surface area contributed by atoms with E-state index >= 15 is 0 Å². The molecule has 1 N–H and O–H groups in total. The minimum Gasteiger partial charge on any atom is -0.476 e. The minimum atomic E-state index is -1.59. The number of carboxylic acid groups (broad SMARTS) is 1. The molecule has 0 fully saturated rings. The van der Waals surface area contributed by atoms with Crippen LogP contribution in [0.15, 0.2) is 12.1 Å². The molecule has 1 aliphatic rings. The summed E-state index contributed by atoms with van der Waals surface area (Å²) in [5, 5.41) is 13.0. The molecule has 0 unspecified atom stereocenters. The van der Waals surface area contributed by atoms with Gasteiger partial charge in [-0.2, -0.15) is 5.10 Å². The van der Waals surface area contributed by atoms with Crippen molar-refractivity contribution in [2.75, 3.05) is 0 Å². The molecule has 0 radical (unpaired) electrons. The fraction of sp³-hybridized carbons (Fsp3) is 0.286. The van der Waals surface area contributed by atoms with Crippen LogP contribution in [0.1, 0.15) is 34.6 Å². The van der Waals surface area contributed by atoms with Gasteiger partial charge in [0.1, 0.15) is 5.69 Å². The highest BCUT2D eigenvalue weighted by molar-refractivity contribution is 5.87. The monoisotopic (exact) mass is 296 g/mol. The smallest absolute Gasteiger partial charge is 0.356 e. The highest BCUT2D eigenvalue weighted by Crippen LogP contribution is 2.28. The van der Waals surface area contributed by atoms with Gasteiger partial charge in [-0.05, 0) is 37.8 Å². The van der Waals surface area contributed by atoms with Crippen LogP contribution < -0.4 is 0 Å². The van der Waals surface area contributed by atoms with Crippen molar-refractivity contribution in [1.29, 1.82) is 0 Å². The minimum absolute atomic E-state index is 0.158. The highest BCUT2D eigenvalue weighted by Gasteiger charge is 2.27. The number of halogens is 3. The maximum Gasteiger partial charge on any atom is 0.356 e. The number of aromatic carboxylic acids is 1. The molecular weight excluding hydrogens is 285 g/mol. The standard InChI is InChI=1S/C14H11F3N2O2/c15-8-5-6-10(12(17)11(8)16)19-9-4-2-1-3-7(9)13(18-19)14(20)21/h5-6H,1-4H2,(H,20,21). The molecule has 0 bridgehead atoms. The normalized spacial score (nSPS) is 14.0. The van der Waals surface area contributed by atoms with Crippen LogP contribution in [-0.4, -0.2) is 20.9 Å². The molecule has 1 aliphatic carbocycles. The number of hydrogen-bond donors (Lipinski definition) is 1. The molecule has 0 aliphatic heterocycles. The molecule has 7 heteroatoms. The van der Waals surface area contributed by atoms with Gasteiger partial charge in [0.05, 0.1) is 0 Å². The Morgan fingerprint density at radius 2 is 1.86 bits per heavy atom. The van der Waals surface area contributed by atoms with E-state index in [1.54, 1.807) is 0 Å². The Labute approximate surface area is 117 Å². The van der Waals surface area contributed by atoms with Gasteiger partial charge in [-0.1, -0.05) is 0 Å². The number of carboxylic acids is 1. The largest absolute Gasteiger partial charge is 0.476 e. The zero-order chi connectivity index (χ0) is 15.1. The van der Waals surface area contributed by atoms with E-state index in [2.05, 4.69) is 5.10 Å². The third-order valence-corrected chi connectivity index (χ3v) is 3.63. The average molecular weight is 296 g/mol. The van der Waals surface area contributed by atoms with Gasteiger partial charge >= 0.3 is 5.97 Å². The lowest BCUT2D eigenvalue weighted by atomic mass is 9.95. The summed E-state index contributed by atoms with van der Waals surface area (Å²) in [5.74, 6) is -5.47. The molecule has 21 heavy (non-hydrogen) atoms. The van der Waals surface area contributed by atoms with E-state index in [4.69, 9.17) is 5.11 Å². The quantitative estimate of drug-likeness (QED) is 0.867. The molecule has 1 aromatic heterocycles. The van der Waals surface area contributed by atoms with Crippen molar-refractivity contribution < 1.29 is 23.1 Å². The predicted molar refractivity (Wildman–Crippen MR) is 67.0 cm³/mol. The van der Waals surface area contributed by atoms with Crippen LogP contribution in [-0.2, 0) is 12.8 Å². The van der Waals surface area contributed by atoms with Gasteiger partial charge in [0.25, 0.3) is 0 Å². The number of benzene rings is 1. The fourth-order valence-corrected chi connectivity index (χ4v) is 2.65. The maximum absolute atomic E-state index is 13.9. The molecule has 0 spiro atoms. The second-order valence-electron chi connectivity index (χ2n) is 4.89. The van der Waals surface area contributed by atoms with Crippen LogP contribution in [0.2, 0.25) is 0 Å². The first-order chi connectivity index (χ1) is 10.0. The van der Waals surface area contributed by atoms with Gasteiger partial charge in [-0.15, -0.1) is 0 Å². The molecule has 4 nitrogen and oxygen atoms in total. The lowest BCUT2D eigenvalue weighted by Gasteiger charge is -2.14. The molecule has 3 rings (SSSR count). The van der Waals surface area contributed by atoms with E-state index in [-0.39, 0.29) is 11.4 Å². The van der Waals surface area contributed by atoms with Crippen molar-refractivity contribution >= 4 is 5.97 Å². The summed E-state index contributed by atoms with van der Waals surface area (Å²) in [4.78, 5) is 11.2. The van der Waals surface area contributed by atoms with Gasteiger partial charge in [0.15, 0.2) is 23.1 Å². The molecule has 2 aromatic rings. The van der Waals surface area contributed by atoms with Crippen LogP contribution >= 0.6 is 0 Å². The van der Waals surface area contributed by atoms with Crippen LogP contribution in [0.4, 0.5) is 13.2 Å². The van der Waals surface area contributed by atoms with Crippen LogP contribution in [0.5, 0.6) is 0 Å². The zero-order valence-electron chi connectivity index (χ0n) is 10.9. The molecule has 1 heterocycles. The topological polar surface area (TPSA) is 55.1 Å². The van der Waals surface area contributed by atoms with Crippen molar-refractivity contribution in [2.45, 2.75) is 25.7 Å². The number of hydrogen-bond acceptors (Lipinski definition) is 2. The summed E-state index contributed by atoms with van der Waals surface area (Å²) < 4.78 is 41.4. The van der Waals surface area contributed by atoms with E-state index < -0.39 is 23.4 Å². The second-order valence-corrected chi connectivity index (χ2v) is 4.89. The van der Waals surface area contributed by atoms with Crippen LogP contribution in [0.3, 0.4) is 0 Å². The third kappa shape index (κ3) is 2.09. The van der Waals surface area contributed by atoms with Crippen molar-refractivity contribution in [3.05, 3.63) is 46.5 Å². The Kier molecular flexibility index (Phi) is 3.19. The first-order valence-corrected chi connectivity index (χ1v) is 6.48. The van der Waals surface area contributed by atoms with E-state index in [1.165, 1.54) is 0 Å². The highest BCUT2D eigenvalue weighted by atomic mass is 19.2. The predicted octanol–water partition coefficient (Wildman–Crippen LogP) is 2.87. The van der Waals surface area contributed by atoms with Gasteiger partial charge in [0, 0.05) is 11.3 Å². The second kappa shape index (κ2) is 4.91. The number of fused-ring (bicyclic) bond motifs is 1. The number of nitrogens with zero attached hydrogens (tertiary/aromatic N) is 2. The van der Waals surface area contributed by atoms with Gasteiger partial charge in [0.2, 0.25) is 0 Å². The van der Waals surface area contributed by atoms with E-state index in [0.29, 0.717) is 24.1 Å². The summed E-state index contributed by atoms with van der Waals surface area (Å²) in [6, 6.07) is 1.85. The summed E-state index contributed by atoms with van der Waals surface area (Å²) in [6.45, 7) is 0. The van der Waals surface area contributed by atoms with Gasteiger partial charge in [-0.25, -0.2) is 22.6 Å². The number of rotatable bonds is 2.